The molecule has 0 aromatic heterocycles. The normalized spacial score (nSPS) is 9.76. The molecule has 4 amide bonds. The zero-order valence-corrected chi connectivity index (χ0v) is 14.1. The first-order valence-electron chi connectivity index (χ1n) is 7.47. The number of carbonyl (C=O) groups is 3. The van der Waals surface area contributed by atoms with Crippen LogP contribution < -0.4 is 21.5 Å². The van der Waals surface area contributed by atoms with Crippen LogP contribution in [0, 0.1) is 0 Å². The number of amides is 4. The lowest BCUT2D eigenvalue weighted by molar-refractivity contribution is -0.119. The molecule has 0 spiro atoms. The van der Waals surface area contributed by atoms with E-state index in [2.05, 4.69) is 21.5 Å². The van der Waals surface area contributed by atoms with Crippen LogP contribution in [0.2, 0.25) is 0 Å². The van der Waals surface area contributed by atoms with Gasteiger partial charge in [0.25, 0.3) is 0 Å². The van der Waals surface area contributed by atoms with E-state index >= 15 is 0 Å². The van der Waals surface area contributed by atoms with Gasteiger partial charge in [-0.25, -0.2) is 10.2 Å². The minimum Gasteiger partial charge on any atom is -0.325 e. The molecule has 0 bridgehead atoms. The smallest absolute Gasteiger partial charge is 0.325 e. The Morgan fingerprint density at radius 2 is 1.20 bits per heavy atom. The molecule has 130 valence electrons. The largest absolute Gasteiger partial charge is 0.337 e. The van der Waals surface area contributed by atoms with Crippen LogP contribution in [0.25, 0.3) is 0 Å². The number of hydrogen-bond donors (Lipinski definition) is 4. The van der Waals surface area contributed by atoms with Crippen molar-refractivity contribution in [1.29, 1.82) is 0 Å². The summed E-state index contributed by atoms with van der Waals surface area (Å²) in [5.74, 6) is -0.411. The highest BCUT2D eigenvalue weighted by atomic mass is 32.2. The third-order valence-corrected chi connectivity index (χ3v) is 3.80. The number of rotatable bonds is 6. The Balaban J connectivity index is 1.59. The lowest BCUT2D eigenvalue weighted by atomic mass is 10.3. The minimum atomic E-state index is -0.550. The van der Waals surface area contributed by atoms with Crippen molar-refractivity contribution in [3.05, 3.63) is 60.7 Å². The van der Waals surface area contributed by atoms with Crippen molar-refractivity contribution in [2.45, 2.75) is 0 Å². The standard InChI is InChI=1S/C17H18N4O3S/c22-15(18-13-7-3-1-4-8-13)11-25-12-16(23)20-21-17(24)19-14-9-5-2-6-10-14/h1-10H,11-12H2,(H,18,22)(H,20,23)(H2,19,21,24). The zero-order valence-electron chi connectivity index (χ0n) is 13.3. The highest BCUT2D eigenvalue weighted by molar-refractivity contribution is 8.00. The number of thioether (sulfide) groups is 1. The van der Waals surface area contributed by atoms with Gasteiger partial charge in [-0.2, -0.15) is 0 Å². The van der Waals surface area contributed by atoms with Gasteiger partial charge in [0.05, 0.1) is 11.5 Å². The first-order chi connectivity index (χ1) is 12.1. The van der Waals surface area contributed by atoms with E-state index in [0.717, 1.165) is 11.8 Å². The van der Waals surface area contributed by atoms with E-state index in [1.165, 1.54) is 0 Å². The minimum absolute atomic E-state index is 0.0494. The lowest BCUT2D eigenvalue weighted by Gasteiger charge is -2.09. The number of urea groups is 1. The summed E-state index contributed by atoms with van der Waals surface area (Å²) in [5, 5.41) is 5.29. The second-order valence-electron chi connectivity index (χ2n) is 4.90. The Morgan fingerprint density at radius 3 is 1.80 bits per heavy atom. The monoisotopic (exact) mass is 358 g/mol. The average molecular weight is 358 g/mol. The van der Waals surface area contributed by atoms with Crippen molar-refractivity contribution >= 4 is 41.0 Å². The molecule has 0 aliphatic rings. The highest BCUT2D eigenvalue weighted by Crippen LogP contribution is 2.07. The molecule has 0 unspecified atom stereocenters. The van der Waals surface area contributed by atoms with E-state index in [1.807, 2.05) is 24.3 Å². The topological polar surface area (TPSA) is 99.3 Å². The van der Waals surface area contributed by atoms with Crippen molar-refractivity contribution in [3.8, 4) is 0 Å². The zero-order chi connectivity index (χ0) is 17.9. The van der Waals surface area contributed by atoms with Gasteiger partial charge >= 0.3 is 6.03 Å². The molecule has 0 fully saturated rings. The number of hydrogen-bond acceptors (Lipinski definition) is 4. The fraction of sp³-hybridized carbons (Fsp3) is 0.118. The summed E-state index contributed by atoms with van der Waals surface area (Å²) >= 11 is 1.15. The van der Waals surface area contributed by atoms with E-state index in [4.69, 9.17) is 0 Å². The van der Waals surface area contributed by atoms with Crippen LogP contribution >= 0.6 is 11.8 Å². The Labute approximate surface area is 149 Å². The Morgan fingerprint density at radius 1 is 0.680 bits per heavy atom. The van der Waals surface area contributed by atoms with Crippen LogP contribution in [0.15, 0.2) is 60.7 Å². The number of benzene rings is 2. The highest BCUT2D eigenvalue weighted by Gasteiger charge is 2.07. The van der Waals surface area contributed by atoms with Gasteiger partial charge in [0, 0.05) is 11.4 Å². The van der Waals surface area contributed by atoms with Crippen LogP contribution in [0.4, 0.5) is 16.2 Å². The summed E-state index contributed by atoms with van der Waals surface area (Å²) in [5.41, 5.74) is 5.84. The van der Waals surface area contributed by atoms with E-state index in [1.54, 1.807) is 36.4 Å². The Bertz CT molecular complexity index is 710. The van der Waals surface area contributed by atoms with Crippen LogP contribution in [0.3, 0.4) is 0 Å². The van der Waals surface area contributed by atoms with Crippen molar-refractivity contribution in [2.24, 2.45) is 0 Å². The van der Waals surface area contributed by atoms with Gasteiger partial charge in [-0.1, -0.05) is 36.4 Å². The molecule has 2 aromatic carbocycles. The summed E-state index contributed by atoms with van der Waals surface area (Å²) in [6.45, 7) is 0. The third kappa shape index (κ3) is 7.40. The molecule has 4 N–H and O–H groups in total. The van der Waals surface area contributed by atoms with Crippen molar-refractivity contribution in [1.82, 2.24) is 10.9 Å². The summed E-state index contributed by atoms with van der Waals surface area (Å²) in [7, 11) is 0. The van der Waals surface area contributed by atoms with Crippen LogP contribution in [0.5, 0.6) is 0 Å². The quantitative estimate of drug-likeness (QED) is 0.595. The molecule has 0 atom stereocenters. The molecule has 0 radical (unpaired) electrons. The SMILES string of the molecule is O=C(CSCC(=O)Nc1ccccc1)NNC(=O)Nc1ccccc1. The van der Waals surface area contributed by atoms with E-state index in [0.29, 0.717) is 11.4 Å². The molecule has 0 aliphatic heterocycles. The predicted molar refractivity (Wildman–Crippen MR) is 99.1 cm³/mol. The molecule has 0 aliphatic carbocycles. The summed E-state index contributed by atoms with van der Waals surface area (Å²) in [4.78, 5) is 34.9. The number of para-hydroxylation sites is 2. The van der Waals surface area contributed by atoms with Gasteiger partial charge in [0.2, 0.25) is 11.8 Å². The number of carbonyl (C=O) groups excluding carboxylic acids is 3. The summed E-state index contributed by atoms with van der Waals surface area (Å²) in [6.07, 6.45) is 0. The molecule has 25 heavy (non-hydrogen) atoms. The van der Waals surface area contributed by atoms with Crippen molar-refractivity contribution in [3.63, 3.8) is 0 Å². The Hall–Kier alpha value is -3.00. The molecule has 0 saturated heterocycles. The van der Waals surface area contributed by atoms with Crippen LogP contribution in [-0.4, -0.2) is 29.4 Å². The van der Waals surface area contributed by atoms with E-state index < -0.39 is 11.9 Å². The molecule has 7 nitrogen and oxygen atoms in total. The van der Waals surface area contributed by atoms with E-state index in [-0.39, 0.29) is 17.4 Å². The molecular formula is C17H18N4O3S. The molecular weight excluding hydrogens is 340 g/mol. The second-order valence-corrected chi connectivity index (χ2v) is 5.89. The van der Waals surface area contributed by atoms with Gasteiger partial charge in [0.15, 0.2) is 0 Å². The van der Waals surface area contributed by atoms with Gasteiger partial charge in [-0.3, -0.25) is 15.0 Å². The molecule has 2 aromatic rings. The lowest BCUT2D eigenvalue weighted by Crippen LogP contribution is -2.44. The van der Waals surface area contributed by atoms with Gasteiger partial charge in [-0.15, -0.1) is 11.8 Å². The summed E-state index contributed by atoms with van der Waals surface area (Å²) in [6, 6.07) is 17.4. The van der Waals surface area contributed by atoms with Gasteiger partial charge in [0.1, 0.15) is 0 Å². The number of anilines is 2. The predicted octanol–water partition coefficient (Wildman–Crippen LogP) is 2.21. The van der Waals surface area contributed by atoms with Gasteiger partial charge in [-0.05, 0) is 24.3 Å². The maximum atomic E-state index is 11.7. The molecule has 0 saturated carbocycles. The third-order valence-electron chi connectivity index (χ3n) is 2.87. The second kappa shape index (κ2) is 9.99. The first kappa shape index (κ1) is 18.3. The van der Waals surface area contributed by atoms with Crippen LogP contribution in [-0.2, 0) is 9.59 Å². The first-order valence-corrected chi connectivity index (χ1v) is 8.62. The number of hydrazine groups is 1. The maximum Gasteiger partial charge on any atom is 0.337 e. The molecule has 0 heterocycles. The van der Waals surface area contributed by atoms with Crippen molar-refractivity contribution < 1.29 is 14.4 Å². The number of nitrogens with one attached hydrogen (secondary N) is 4. The Kier molecular flexibility index (Phi) is 7.33. The van der Waals surface area contributed by atoms with E-state index in [9.17, 15) is 14.4 Å². The maximum absolute atomic E-state index is 11.7. The fourth-order valence-electron chi connectivity index (χ4n) is 1.80. The molecule has 8 heteroatoms. The fourth-order valence-corrected chi connectivity index (χ4v) is 2.42. The van der Waals surface area contributed by atoms with Gasteiger partial charge < -0.3 is 10.6 Å². The summed E-state index contributed by atoms with van der Waals surface area (Å²) < 4.78 is 0. The van der Waals surface area contributed by atoms with Crippen molar-refractivity contribution in [2.75, 3.05) is 22.1 Å². The van der Waals surface area contributed by atoms with Crippen LogP contribution in [0.1, 0.15) is 0 Å². The molecule has 2 rings (SSSR count). The average Bonchev–Trinajstić information content (AvgIpc) is 2.62.